The first-order chi connectivity index (χ1) is 13.5. The number of anilines is 1. The highest BCUT2D eigenvalue weighted by Gasteiger charge is 2.53. The molecule has 2 atom stereocenters. The van der Waals surface area contributed by atoms with E-state index in [2.05, 4.69) is 18.3 Å². The molecule has 1 N–H and O–H groups in total. The second kappa shape index (κ2) is 6.98. The van der Waals surface area contributed by atoms with Gasteiger partial charge in [0.1, 0.15) is 11.7 Å². The summed E-state index contributed by atoms with van der Waals surface area (Å²) in [5.41, 5.74) is 0.903. The smallest absolute Gasteiger partial charge is 0.249 e. The molecule has 5 nitrogen and oxygen atoms in total. The van der Waals surface area contributed by atoms with Crippen LogP contribution in [0, 0.1) is 0 Å². The van der Waals surface area contributed by atoms with Crippen LogP contribution in [0.3, 0.4) is 0 Å². The zero-order chi connectivity index (χ0) is 19.3. The van der Waals surface area contributed by atoms with Crippen molar-refractivity contribution in [3.05, 3.63) is 35.0 Å². The van der Waals surface area contributed by atoms with E-state index in [-0.39, 0.29) is 16.7 Å². The average Bonchev–Trinajstić information content (AvgIpc) is 3.45. The average molecular weight is 448 g/mol. The number of nitrogens with one attached hydrogen (secondary N) is 1. The quantitative estimate of drug-likeness (QED) is 0.612. The molecule has 5 heterocycles. The number of nitrogens with zero attached hydrogens (tertiary/aromatic N) is 2. The van der Waals surface area contributed by atoms with E-state index in [4.69, 9.17) is 4.98 Å². The first-order valence-corrected chi connectivity index (χ1v) is 12.5. The Morgan fingerprint density at radius 1 is 1.25 bits per heavy atom. The monoisotopic (exact) mass is 447 g/mol. The van der Waals surface area contributed by atoms with Crippen molar-refractivity contribution in [1.82, 2.24) is 9.88 Å². The van der Waals surface area contributed by atoms with Crippen LogP contribution < -0.4 is 5.32 Å². The lowest BCUT2D eigenvalue weighted by molar-refractivity contribution is -0.135. The van der Waals surface area contributed by atoms with Crippen LogP contribution in [0.4, 0.5) is 5.13 Å². The first kappa shape index (κ1) is 18.4. The third-order valence-electron chi connectivity index (χ3n) is 5.10. The van der Waals surface area contributed by atoms with Gasteiger partial charge in [-0.2, -0.15) is 0 Å². The number of carbonyl (C=O) groups is 2. The number of hydrogen-bond acceptors (Lipinski definition) is 7. The second-order valence-corrected chi connectivity index (χ2v) is 11.3. The van der Waals surface area contributed by atoms with Crippen LogP contribution in [0.25, 0.3) is 20.3 Å². The maximum Gasteiger partial charge on any atom is 0.249 e. The van der Waals surface area contributed by atoms with Crippen LogP contribution in [0.2, 0.25) is 0 Å². The van der Waals surface area contributed by atoms with Gasteiger partial charge in [0.05, 0.1) is 14.6 Å². The predicted molar refractivity (Wildman–Crippen MR) is 118 cm³/mol. The summed E-state index contributed by atoms with van der Waals surface area (Å²) in [5, 5.41) is 7.65. The van der Waals surface area contributed by atoms with Crippen molar-refractivity contribution in [2.75, 3.05) is 11.1 Å². The summed E-state index contributed by atoms with van der Waals surface area (Å²) in [7, 11) is 0. The number of thiazole rings is 1. The third kappa shape index (κ3) is 3.01. The van der Waals surface area contributed by atoms with Crippen LogP contribution in [-0.2, 0) is 9.59 Å². The van der Waals surface area contributed by atoms with Crippen molar-refractivity contribution in [2.24, 2.45) is 0 Å². The number of fused-ring (bicyclic) bond motifs is 1. The summed E-state index contributed by atoms with van der Waals surface area (Å²) in [6.45, 7) is 2.06. The Kier molecular flexibility index (Phi) is 4.58. The standard InChI is InChI=1S/C19H17N3O2S4/c1-19-7-6-14(23)22(19)11(10-27-19)17(24)21-18-20-15(12-4-2-8-25-12)16(28-18)13-5-3-9-26-13/h2-5,8-9,11H,6-7,10H2,1H3,(H,20,21,24)/t11-,19-/m1/s1. The highest BCUT2D eigenvalue weighted by atomic mass is 32.2. The van der Waals surface area contributed by atoms with Crippen molar-refractivity contribution < 1.29 is 9.59 Å². The summed E-state index contributed by atoms with van der Waals surface area (Å²) in [6, 6.07) is 7.72. The molecule has 0 radical (unpaired) electrons. The van der Waals surface area contributed by atoms with Crippen molar-refractivity contribution in [3.63, 3.8) is 0 Å². The van der Waals surface area contributed by atoms with Crippen LogP contribution in [-0.4, -0.2) is 38.4 Å². The van der Waals surface area contributed by atoms with Gasteiger partial charge in [-0.1, -0.05) is 23.5 Å². The minimum Gasteiger partial charge on any atom is -0.315 e. The maximum absolute atomic E-state index is 13.0. The molecule has 2 aliphatic heterocycles. The van der Waals surface area contributed by atoms with Gasteiger partial charge in [-0.25, -0.2) is 4.98 Å². The zero-order valence-corrected chi connectivity index (χ0v) is 18.3. The fourth-order valence-corrected chi connectivity index (χ4v) is 7.79. The van der Waals surface area contributed by atoms with Crippen molar-refractivity contribution >= 4 is 62.7 Å². The van der Waals surface area contributed by atoms with E-state index < -0.39 is 6.04 Å². The highest BCUT2D eigenvalue weighted by Crippen LogP contribution is 2.48. The van der Waals surface area contributed by atoms with Gasteiger partial charge in [0.2, 0.25) is 11.8 Å². The lowest BCUT2D eigenvalue weighted by atomic mass is 10.2. The molecule has 28 heavy (non-hydrogen) atoms. The van der Waals surface area contributed by atoms with Gasteiger partial charge < -0.3 is 10.2 Å². The van der Waals surface area contributed by atoms with E-state index in [9.17, 15) is 9.59 Å². The fourth-order valence-electron chi connectivity index (χ4n) is 3.73. The van der Waals surface area contributed by atoms with Gasteiger partial charge in [0.15, 0.2) is 5.13 Å². The van der Waals surface area contributed by atoms with E-state index in [0.29, 0.717) is 17.3 Å². The molecule has 0 aliphatic carbocycles. The molecule has 2 fully saturated rings. The molecule has 9 heteroatoms. The lowest BCUT2D eigenvalue weighted by Gasteiger charge is -2.29. The van der Waals surface area contributed by atoms with Gasteiger partial charge in [-0.3, -0.25) is 9.59 Å². The zero-order valence-electron chi connectivity index (χ0n) is 15.0. The molecule has 0 aromatic carbocycles. The first-order valence-electron chi connectivity index (χ1n) is 8.91. The van der Waals surface area contributed by atoms with Crippen LogP contribution >= 0.6 is 45.8 Å². The topological polar surface area (TPSA) is 62.3 Å². The Hall–Kier alpha value is -1.68. The minimum atomic E-state index is -0.427. The lowest BCUT2D eigenvalue weighted by Crippen LogP contribution is -2.48. The number of amides is 2. The van der Waals surface area contributed by atoms with E-state index in [1.54, 1.807) is 39.3 Å². The molecule has 0 bridgehead atoms. The van der Waals surface area contributed by atoms with Crippen molar-refractivity contribution in [3.8, 4) is 20.3 Å². The maximum atomic E-state index is 13.0. The van der Waals surface area contributed by atoms with E-state index in [0.717, 1.165) is 26.7 Å². The molecular weight excluding hydrogens is 430 g/mol. The predicted octanol–water partition coefficient (Wildman–Crippen LogP) is 4.99. The number of thioether (sulfide) groups is 1. The van der Waals surface area contributed by atoms with Crippen molar-refractivity contribution in [1.29, 1.82) is 0 Å². The Morgan fingerprint density at radius 3 is 2.71 bits per heavy atom. The molecule has 144 valence electrons. The number of carbonyl (C=O) groups excluding carboxylic acids is 2. The van der Waals surface area contributed by atoms with Crippen LogP contribution in [0.5, 0.6) is 0 Å². The Morgan fingerprint density at radius 2 is 2.00 bits per heavy atom. The number of rotatable bonds is 4. The molecule has 5 rings (SSSR count). The summed E-state index contributed by atoms with van der Waals surface area (Å²) >= 11 is 6.49. The van der Waals surface area contributed by atoms with Crippen LogP contribution in [0.15, 0.2) is 35.0 Å². The summed E-state index contributed by atoms with van der Waals surface area (Å²) < 4.78 is 0. The fraction of sp³-hybridized carbons (Fsp3) is 0.316. The van der Waals surface area contributed by atoms with Gasteiger partial charge in [-0.15, -0.1) is 34.4 Å². The van der Waals surface area contributed by atoms with Gasteiger partial charge in [0, 0.05) is 17.1 Å². The second-order valence-electron chi connectivity index (χ2n) is 6.91. The third-order valence-corrected chi connectivity index (χ3v) is 9.51. The molecule has 2 amide bonds. The molecule has 3 aromatic heterocycles. The Labute approximate surface area is 178 Å². The summed E-state index contributed by atoms with van der Waals surface area (Å²) in [4.78, 5) is 34.9. The Bertz CT molecular complexity index is 976. The van der Waals surface area contributed by atoms with E-state index in [1.807, 2.05) is 29.0 Å². The molecule has 0 saturated carbocycles. The summed E-state index contributed by atoms with van der Waals surface area (Å²) in [6.07, 6.45) is 1.33. The van der Waals surface area contributed by atoms with E-state index in [1.165, 1.54) is 11.3 Å². The Balaban J connectivity index is 1.44. The molecular formula is C19H17N3O2S4. The molecule has 2 aliphatic rings. The van der Waals surface area contributed by atoms with Gasteiger partial charge in [-0.05, 0) is 36.2 Å². The van der Waals surface area contributed by atoms with Crippen molar-refractivity contribution in [2.45, 2.75) is 30.7 Å². The number of thiophene rings is 2. The van der Waals surface area contributed by atoms with E-state index >= 15 is 0 Å². The molecule has 0 spiro atoms. The normalized spacial score (nSPS) is 24.0. The largest absolute Gasteiger partial charge is 0.315 e. The number of aromatic nitrogens is 1. The molecule has 3 aromatic rings. The highest BCUT2D eigenvalue weighted by molar-refractivity contribution is 8.01. The number of hydrogen-bond donors (Lipinski definition) is 1. The molecule has 2 saturated heterocycles. The summed E-state index contributed by atoms with van der Waals surface area (Å²) in [5.74, 6) is 0.565. The van der Waals surface area contributed by atoms with Gasteiger partial charge >= 0.3 is 0 Å². The van der Waals surface area contributed by atoms with Crippen LogP contribution in [0.1, 0.15) is 19.8 Å². The van der Waals surface area contributed by atoms with Gasteiger partial charge in [0.25, 0.3) is 0 Å². The SMILES string of the molecule is C[C@@]12CCC(=O)N1[C@@H](C(=O)Nc1nc(-c3cccs3)c(-c3cccs3)s1)CS2. The minimum absolute atomic E-state index is 0.0744. The molecule has 0 unspecified atom stereocenters.